The Balaban J connectivity index is 1.94. The van der Waals surface area contributed by atoms with Crippen LogP contribution in [0.2, 0.25) is 0 Å². The van der Waals surface area contributed by atoms with E-state index in [9.17, 15) is 0 Å². The van der Waals surface area contributed by atoms with E-state index in [1.165, 1.54) is 0 Å². The van der Waals surface area contributed by atoms with E-state index in [1.807, 2.05) is 36.0 Å². The van der Waals surface area contributed by atoms with Crippen LogP contribution >= 0.6 is 11.3 Å². The van der Waals surface area contributed by atoms with Crippen molar-refractivity contribution in [2.24, 2.45) is 0 Å². The number of rotatable bonds is 3. The van der Waals surface area contributed by atoms with Crippen LogP contribution in [0.15, 0.2) is 36.0 Å². The smallest absolute Gasteiger partial charge is 0.0966 e. The molecule has 0 bridgehead atoms. The van der Waals surface area contributed by atoms with Crippen molar-refractivity contribution in [3.05, 3.63) is 53.1 Å². The first-order chi connectivity index (χ1) is 6.45. The maximum Gasteiger partial charge on any atom is 0.0966 e. The predicted octanol–water partition coefficient (Wildman–Crippen LogP) is 2.33. The molecule has 2 heterocycles. The number of pyridine rings is 1. The number of hydrogen-bond acceptors (Lipinski definition) is 3. The Morgan fingerprint density at radius 1 is 1.23 bits per heavy atom. The molecule has 0 N–H and O–H groups in total. The molecule has 0 aliphatic heterocycles. The molecular formula is C10H9N2S. The van der Waals surface area contributed by atoms with Gasteiger partial charge in [0.1, 0.15) is 0 Å². The third-order valence-corrected chi connectivity index (χ3v) is 2.43. The average molecular weight is 189 g/mol. The van der Waals surface area contributed by atoms with Gasteiger partial charge in [0.15, 0.2) is 0 Å². The summed E-state index contributed by atoms with van der Waals surface area (Å²) in [5.74, 6) is 0. The molecule has 2 aromatic heterocycles. The van der Waals surface area contributed by atoms with Crippen LogP contribution in [0.3, 0.4) is 0 Å². The highest BCUT2D eigenvalue weighted by atomic mass is 32.1. The van der Waals surface area contributed by atoms with Crippen LogP contribution in [0.4, 0.5) is 0 Å². The van der Waals surface area contributed by atoms with E-state index in [2.05, 4.69) is 16.4 Å². The van der Waals surface area contributed by atoms with Gasteiger partial charge in [0, 0.05) is 29.9 Å². The van der Waals surface area contributed by atoms with Gasteiger partial charge in [-0.15, -0.1) is 11.3 Å². The van der Waals surface area contributed by atoms with E-state index in [0.29, 0.717) is 0 Å². The molecule has 0 unspecified atom stereocenters. The first-order valence-corrected chi connectivity index (χ1v) is 4.96. The van der Waals surface area contributed by atoms with Crippen molar-refractivity contribution in [1.29, 1.82) is 0 Å². The van der Waals surface area contributed by atoms with Gasteiger partial charge in [0.25, 0.3) is 0 Å². The molecule has 0 fully saturated rings. The lowest BCUT2D eigenvalue weighted by Gasteiger charge is -1.95. The summed E-state index contributed by atoms with van der Waals surface area (Å²) in [5, 5.41) is 3.04. The average Bonchev–Trinajstić information content (AvgIpc) is 2.69. The summed E-state index contributed by atoms with van der Waals surface area (Å²) in [7, 11) is 0. The molecule has 0 spiro atoms. The van der Waals surface area contributed by atoms with Gasteiger partial charge in [0.2, 0.25) is 0 Å². The molecule has 1 radical (unpaired) electrons. The zero-order valence-corrected chi connectivity index (χ0v) is 7.87. The largest absolute Gasteiger partial charge is 0.261 e. The molecule has 0 aliphatic rings. The number of aromatic nitrogens is 2. The quantitative estimate of drug-likeness (QED) is 0.740. The van der Waals surface area contributed by atoms with Crippen molar-refractivity contribution >= 4 is 11.3 Å². The number of hydrogen-bond donors (Lipinski definition) is 0. The Kier molecular flexibility index (Phi) is 2.67. The highest BCUT2D eigenvalue weighted by Gasteiger charge is 1.97. The second kappa shape index (κ2) is 4.14. The fourth-order valence-corrected chi connectivity index (χ4v) is 1.61. The lowest BCUT2D eigenvalue weighted by Crippen LogP contribution is -1.90. The zero-order valence-electron chi connectivity index (χ0n) is 7.05. The fraction of sp³-hybridized carbons (Fsp3) is 0.100. The summed E-state index contributed by atoms with van der Waals surface area (Å²) in [4.78, 5) is 8.39. The Morgan fingerprint density at radius 3 is 2.92 bits per heavy atom. The second-order valence-electron chi connectivity index (χ2n) is 2.60. The SMILES string of the molecule is [CH](Cc1ccccn1)c1nccs1. The summed E-state index contributed by atoms with van der Waals surface area (Å²) in [6.45, 7) is 0. The van der Waals surface area contributed by atoms with E-state index >= 15 is 0 Å². The van der Waals surface area contributed by atoms with Gasteiger partial charge in [-0.05, 0) is 18.6 Å². The van der Waals surface area contributed by atoms with Crippen molar-refractivity contribution in [3.8, 4) is 0 Å². The molecule has 2 nitrogen and oxygen atoms in total. The van der Waals surface area contributed by atoms with Crippen molar-refractivity contribution in [2.45, 2.75) is 6.42 Å². The minimum atomic E-state index is 0.856. The van der Waals surface area contributed by atoms with E-state index in [0.717, 1.165) is 17.1 Å². The predicted molar refractivity (Wildman–Crippen MR) is 53.5 cm³/mol. The summed E-state index contributed by atoms with van der Waals surface area (Å²) in [6, 6.07) is 5.94. The molecule has 0 atom stereocenters. The molecule has 2 rings (SSSR count). The van der Waals surface area contributed by atoms with E-state index in [4.69, 9.17) is 0 Å². The van der Waals surface area contributed by atoms with Crippen molar-refractivity contribution in [3.63, 3.8) is 0 Å². The highest BCUT2D eigenvalue weighted by Crippen LogP contribution is 2.09. The molecule has 65 valence electrons. The van der Waals surface area contributed by atoms with Gasteiger partial charge < -0.3 is 0 Å². The fourth-order valence-electron chi connectivity index (χ4n) is 1.05. The van der Waals surface area contributed by atoms with Crippen LogP contribution in [0.5, 0.6) is 0 Å². The normalized spacial score (nSPS) is 10.2. The standard InChI is InChI=1S/C10H9N2S/c1-2-6-11-9(3-1)4-5-10-12-7-8-13-10/h1-3,5-8H,4H2. The van der Waals surface area contributed by atoms with Crippen LogP contribution in [-0.2, 0) is 6.42 Å². The molecule has 0 saturated carbocycles. The van der Waals surface area contributed by atoms with E-state index in [1.54, 1.807) is 11.3 Å². The van der Waals surface area contributed by atoms with Crippen molar-refractivity contribution < 1.29 is 0 Å². The lowest BCUT2D eigenvalue weighted by molar-refractivity contribution is 1.05. The summed E-state index contributed by atoms with van der Waals surface area (Å²) < 4.78 is 0. The second-order valence-corrected chi connectivity index (χ2v) is 3.53. The first kappa shape index (κ1) is 8.38. The third-order valence-electron chi connectivity index (χ3n) is 1.66. The highest BCUT2D eigenvalue weighted by molar-refractivity contribution is 7.09. The summed E-state index contributed by atoms with van der Waals surface area (Å²) >= 11 is 1.65. The van der Waals surface area contributed by atoms with Gasteiger partial charge in [-0.3, -0.25) is 4.98 Å². The molecule has 2 aromatic rings. The third kappa shape index (κ3) is 2.36. The van der Waals surface area contributed by atoms with Crippen LogP contribution in [0, 0.1) is 6.42 Å². The van der Waals surface area contributed by atoms with E-state index < -0.39 is 0 Å². The molecule has 0 aromatic carbocycles. The van der Waals surface area contributed by atoms with Crippen LogP contribution < -0.4 is 0 Å². The van der Waals surface area contributed by atoms with E-state index in [-0.39, 0.29) is 0 Å². The maximum absolute atomic E-state index is 4.22. The Labute approximate surface area is 81.3 Å². The zero-order chi connectivity index (χ0) is 8.93. The minimum absolute atomic E-state index is 0.856. The summed E-state index contributed by atoms with van der Waals surface area (Å²) in [6.07, 6.45) is 6.57. The van der Waals surface area contributed by atoms with Gasteiger partial charge in [-0.1, -0.05) is 6.07 Å². The van der Waals surface area contributed by atoms with Gasteiger partial charge in [0.05, 0.1) is 5.01 Å². The van der Waals surface area contributed by atoms with Crippen LogP contribution in [0.25, 0.3) is 0 Å². The maximum atomic E-state index is 4.22. The Morgan fingerprint density at radius 2 is 2.23 bits per heavy atom. The Hall–Kier alpha value is -1.22. The number of thiazole rings is 1. The topological polar surface area (TPSA) is 25.8 Å². The Bertz CT molecular complexity index is 342. The van der Waals surface area contributed by atoms with Gasteiger partial charge in [-0.25, -0.2) is 4.98 Å². The monoisotopic (exact) mass is 189 g/mol. The van der Waals surface area contributed by atoms with Gasteiger partial charge in [-0.2, -0.15) is 0 Å². The van der Waals surface area contributed by atoms with Crippen molar-refractivity contribution in [2.75, 3.05) is 0 Å². The van der Waals surface area contributed by atoms with Crippen LogP contribution in [-0.4, -0.2) is 9.97 Å². The van der Waals surface area contributed by atoms with Gasteiger partial charge >= 0.3 is 0 Å². The molecule has 13 heavy (non-hydrogen) atoms. The summed E-state index contributed by atoms with van der Waals surface area (Å²) in [5.41, 5.74) is 1.08. The first-order valence-electron chi connectivity index (χ1n) is 4.08. The molecule has 3 heteroatoms. The van der Waals surface area contributed by atoms with Crippen LogP contribution in [0.1, 0.15) is 10.7 Å². The molecule has 0 amide bonds. The lowest BCUT2D eigenvalue weighted by atomic mass is 10.2. The minimum Gasteiger partial charge on any atom is -0.261 e. The molecule has 0 aliphatic carbocycles. The number of nitrogens with zero attached hydrogens (tertiary/aromatic N) is 2. The van der Waals surface area contributed by atoms with Crippen molar-refractivity contribution in [1.82, 2.24) is 9.97 Å². The molecule has 0 saturated heterocycles. The molecular weight excluding hydrogens is 180 g/mol.